The molecule has 0 N–H and O–H groups in total. The molecule has 2 aromatic carbocycles. The summed E-state index contributed by atoms with van der Waals surface area (Å²) in [6.45, 7) is 3.81. The monoisotopic (exact) mass is 376 g/mol. The molecule has 0 fully saturated rings. The minimum Gasteiger partial charge on any atom is -0.336 e. The molecule has 5 heteroatoms. The zero-order valence-corrected chi connectivity index (χ0v) is 15.9. The van der Waals surface area contributed by atoms with Gasteiger partial charge in [0.05, 0.1) is 16.7 Å². The smallest absolute Gasteiger partial charge is 0.332 e. The van der Waals surface area contributed by atoms with E-state index in [1.807, 2.05) is 50.2 Å². The summed E-state index contributed by atoms with van der Waals surface area (Å²) in [5.41, 5.74) is 4.16. The number of fused-ring (bicyclic) bond motifs is 2. The highest BCUT2D eigenvalue weighted by Gasteiger charge is 2.18. The fourth-order valence-corrected chi connectivity index (χ4v) is 3.51. The van der Waals surface area contributed by atoms with Gasteiger partial charge >= 0.3 is 5.97 Å². The van der Waals surface area contributed by atoms with Crippen LogP contribution in [0.3, 0.4) is 0 Å². The highest BCUT2D eigenvalue weighted by Crippen LogP contribution is 2.28. The SMILES string of the molecule is CCCC(=O)On1c(C)c(Cc2ccc3ccccc3n2)c2cc(F)ccc21. The van der Waals surface area contributed by atoms with Crippen molar-refractivity contribution in [2.24, 2.45) is 0 Å². The Balaban J connectivity index is 1.79. The maximum Gasteiger partial charge on any atom is 0.332 e. The first-order chi connectivity index (χ1) is 13.6. The molecule has 0 bridgehead atoms. The van der Waals surface area contributed by atoms with Gasteiger partial charge in [-0.2, -0.15) is 4.73 Å². The summed E-state index contributed by atoms with van der Waals surface area (Å²) in [6, 6.07) is 16.5. The number of para-hydroxylation sites is 1. The summed E-state index contributed by atoms with van der Waals surface area (Å²) in [6.07, 6.45) is 1.57. The number of rotatable bonds is 5. The average molecular weight is 376 g/mol. The Morgan fingerprint density at radius 1 is 1.14 bits per heavy atom. The Labute approximate surface area is 162 Å². The van der Waals surface area contributed by atoms with Gasteiger partial charge in [-0.3, -0.25) is 4.98 Å². The molecule has 4 rings (SSSR count). The van der Waals surface area contributed by atoms with E-state index in [0.717, 1.165) is 33.2 Å². The number of halogens is 1. The predicted molar refractivity (Wildman–Crippen MR) is 108 cm³/mol. The second kappa shape index (κ2) is 7.43. The number of benzene rings is 2. The van der Waals surface area contributed by atoms with Gasteiger partial charge in [0.1, 0.15) is 5.82 Å². The van der Waals surface area contributed by atoms with Crippen LogP contribution in [0.5, 0.6) is 0 Å². The second-order valence-corrected chi connectivity index (χ2v) is 6.91. The second-order valence-electron chi connectivity index (χ2n) is 6.91. The lowest BCUT2D eigenvalue weighted by Gasteiger charge is -2.08. The van der Waals surface area contributed by atoms with E-state index < -0.39 is 0 Å². The number of carbonyl (C=O) groups is 1. The minimum atomic E-state index is -0.322. The zero-order chi connectivity index (χ0) is 19.7. The molecule has 2 heterocycles. The van der Waals surface area contributed by atoms with Crippen LogP contribution in [0.15, 0.2) is 54.6 Å². The van der Waals surface area contributed by atoms with E-state index in [2.05, 4.69) is 0 Å². The molecule has 4 aromatic rings. The average Bonchev–Trinajstić information content (AvgIpc) is 2.93. The quantitative estimate of drug-likeness (QED) is 0.493. The highest BCUT2D eigenvalue weighted by atomic mass is 19.1. The Morgan fingerprint density at radius 3 is 2.79 bits per heavy atom. The van der Waals surface area contributed by atoms with Gasteiger partial charge in [0.25, 0.3) is 0 Å². The summed E-state index contributed by atoms with van der Waals surface area (Å²) in [7, 11) is 0. The van der Waals surface area contributed by atoms with Gasteiger partial charge in [0.2, 0.25) is 0 Å². The number of aromatic nitrogens is 2. The van der Waals surface area contributed by atoms with Gasteiger partial charge in [-0.15, -0.1) is 0 Å². The Morgan fingerprint density at radius 2 is 1.96 bits per heavy atom. The minimum absolute atomic E-state index is 0.304. The van der Waals surface area contributed by atoms with E-state index in [-0.39, 0.29) is 11.8 Å². The lowest BCUT2D eigenvalue weighted by Crippen LogP contribution is -2.20. The molecule has 0 amide bonds. The van der Waals surface area contributed by atoms with E-state index in [9.17, 15) is 9.18 Å². The zero-order valence-electron chi connectivity index (χ0n) is 15.9. The lowest BCUT2D eigenvalue weighted by molar-refractivity contribution is -0.143. The Bertz CT molecular complexity index is 1180. The van der Waals surface area contributed by atoms with Crippen molar-refractivity contribution < 1.29 is 14.0 Å². The van der Waals surface area contributed by atoms with Crippen LogP contribution < -0.4 is 4.84 Å². The first-order valence-corrected chi connectivity index (χ1v) is 9.42. The van der Waals surface area contributed by atoms with Gasteiger partial charge in [0.15, 0.2) is 0 Å². The van der Waals surface area contributed by atoms with E-state index in [0.29, 0.717) is 24.8 Å². The molecule has 4 nitrogen and oxygen atoms in total. The van der Waals surface area contributed by atoms with Gasteiger partial charge < -0.3 is 4.84 Å². The third-order valence-corrected chi connectivity index (χ3v) is 4.91. The molecule has 0 spiro atoms. The van der Waals surface area contributed by atoms with E-state index in [4.69, 9.17) is 9.82 Å². The van der Waals surface area contributed by atoms with E-state index in [1.54, 1.807) is 6.07 Å². The summed E-state index contributed by atoms with van der Waals surface area (Å²) in [5.74, 6) is -0.625. The molecule has 0 saturated heterocycles. The fraction of sp³-hybridized carbons (Fsp3) is 0.217. The highest BCUT2D eigenvalue weighted by molar-refractivity contribution is 5.86. The van der Waals surface area contributed by atoms with Gasteiger partial charge in [-0.25, -0.2) is 9.18 Å². The summed E-state index contributed by atoms with van der Waals surface area (Å²) < 4.78 is 15.5. The normalized spacial score (nSPS) is 11.2. The van der Waals surface area contributed by atoms with Gasteiger partial charge in [0, 0.05) is 29.3 Å². The molecule has 0 aliphatic heterocycles. The molecule has 0 saturated carbocycles. The van der Waals surface area contributed by atoms with Crippen LogP contribution in [0.1, 0.15) is 36.7 Å². The van der Waals surface area contributed by atoms with Gasteiger partial charge in [-0.1, -0.05) is 31.2 Å². The van der Waals surface area contributed by atoms with Crippen LogP contribution in [0.4, 0.5) is 4.39 Å². The molecular weight excluding hydrogens is 355 g/mol. The Hall–Kier alpha value is -3.21. The van der Waals surface area contributed by atoms with Crippen LogP contribution >= 0.6 is 0 Å². The van der Waals surface area contributed by atoms with Crippen LogP contribution in [0, 0.1) is 12.7 Å². The largest absolute Gasteiger partial charge is 0.336 e. The van der Waals surface area contributed by atoms with Crippen molar-refractivity contribution in [2.45, 2.75) is 33.1 Å². The molecule has 0 radical (unpaired) electrons. The van der Waals surface area contributed by atoms with E-state index in [1.165, 1.54) is 16.9 Å². The van der Waals surface area contributed by atoms with Crippen molar-refractivity contribution in [3.05, 3.63) is 77.4 Å². The van der Waals surface area contributed by atoms with E-state index >= 15 is 0 Å². The maximum atomic E-state index is 14.0. The molecule has 2 aromatic heterocycles. The third-order valence-electron chi connectivity index (χ3n) is 4.91. The standard InChI is InChI=1S/C23H21FN2O2/c1-3-6-23(27)28-26-15(2)19(20-13-17(24)10-12-22(20)26)14-18-11-9-16-7-4-5-8-21(16)25-18/h4-5,7-13H,3,6,14H2,1-2H3. The fourth-order valence-electron chi connectivity index (χ4n) is 3.51. The number of pyridine rings is 1. The van der Waals surface area contributed by atoms with Gasteiger partial charge in [-0.05, 0) is 49.2 Å². The summed E-state index contributed by atoms with van der Waals surface area (Å²) in [4.78, 5) is 22.4. The number of hydrogen-bond acceptors (Lipinski definition) is 3. The number of hydrogen-bond donors (Lipinski definition) is 0. The molecule has 0 aliphatic carbocycles. The van der Waals surface area contributed by atoms with Crippen molar-refractivity contribution in [3.8, 4) is 0 Å². The topological polar surface area (TPSA) is 44.1 Å². The maximum absolute atomic E-state index is 14.0. The van der Waals surface area contributed by atoms with Crippen molar-refractivity contribution in [2.75, 3.05) is 0 Å². The lowest BCUT2D eigenvalue weighted by atomic mass is 10.0. The molecule has 28 heavy (non-hydrogen) atoms. The number of carbonyl (C=O) groups excluding carboxylic acids is 1. The van der Waals surface area contributed by atoms with Crippen LogP contribution in [0.25, 0.3) is 21.8 Å². The van der Waals surface area contributed by atoms with Crippen LogP contribution in [0.2, 0.25) is 0 Å². The van der Waals surface area contributed by atoms with Crippen molar-refractivity contribution in [1.82, 2.24) is 9.71 Å². The van der Waals surface area contributed by atoms with Crippen LogP contribution in [-0.4, -0.2) is 15.7 Å². The van der Waals surface area contributed by atoms with Crippen molar-refractivity contribution in [1.29, 1.82) is 0 Å². The molecule has 142 valence electrons. The number of nitrogens with zero attached hydrogens (tertiary/aromatic N) is 2. The summed E-state index contributed by atoms with van der Waals surface area (Å²) >= 11 is 0. The first-order valence-electron chi connectivity index (χ1n) is 9.42. The molecule has 0 atom stereocenters. The van der Waals surface area contributed by atoms with Crippen molar-refractivity contribution in [3.63, 3.8) is 0 Å². The van der Waals surface area contributed by atoms with Crippen molar-refractivity contribution >= 4 is 27.8 Å². The predicted octanol–water partition coefficient (Wildman–Crippen LogP) is 4.98. The first kappa shape index (κ1) is 18.2. The molecule has 0 unspecified atom stereocenters. The third kappa shape index (κ3) is 3.36. The van der Waals surface area contributed by atoms with Crippen LogP contribution in [-0.2, 0) is 11.2 Å². The summed E-state index contributed by atoms with van der Waals surface area (Å²) in [5, 5.41) is 1.81. The molecule has 0 aliphatic rings. The Kier molecular flexibility index (Phi) is 4.82. The molecular formula is C23H21FN2O2.